The zero-order valence-electron chi connectivity index (χ0n) is 24.3. The molecule has 0 spiro atoms. The van der Waals surface area contributed by atoms with Crippen LogP contribution >= 0.6 is 11.6 Å². The summed E-state index contributed by atoms with van der Waals surface area (Å²) in [5.41, 5.74) is 8.99. The van der Waals surface area contributed by atoms with Crippen LogP contribution in [0.2, 0.25) is 5.02 Å². The number of carboxylic acid groups (broad SMARTS) is 1. The fraction of sp³-hybridized carbons (Fsp3) is 0.273. The summed E-state index contributed by atoms with van der Waals surface area (Å²) in [7, 11) is 0. The number of amides is 2. The number of carboxylic acids is 1. The topological polar surface area (TPSA) is 126 Å². The van der Waals surface area contributed by atoms with Gasteiger partial charge in [-0.15, -0.1) is 0 Å². The zero-order valence-corrected chi connectivity index (χ0v) is 25.1. The Balaban J connectivity index is 1.75. The summed E-state index contributed by atoms with van der Waals surface area (Å²) in [5, 5.41) is 11.5. The third-order valence-electron chi connectivity index (χ3n) is 7.48. The average molecular weight is 623 g/mol. The van der Waals surface area contributed by atoms with Crippen molar-refractivity contribution in [3.63, 3.8) is 0 Å². The molecule has 4 N–H and O–H groups in total. The largest absolute Gasteiger partial charge is 0.478 e. The second kappa shape index (κ2) is 14.3. The summed E-state index contributed by atoms with van der Waals surface area (Å²) in [4.78, 5) is 42.3. The Morgan fingerprint density at radius 1 is 1.20 bits per heavy atom. The summed E-state index contributed by atoms with van der Waals surface area (Å²) in [6, 6.07) is 8.53. The van der Waals surface area contributed by atoms with Gasteiger partial charge in [-0.2, -0.15) is 0 Å². The minimum absolute atomic E-state index is 0.207. The van der Waals surface area contributed by atoms with E-state index in [0.717, 1.165) is 31.1 Å². The maximum absolute atomic E-state index is 14.8. The molecule has 44 heavy (non-hydrogen) atoms. The summed E-state index contributed by atoms with van der Waals surface area (Å²) < 4.78 is 29.4. The molecule has 230 valence electrons. The van der Waals surface area contributed by atoms with E-state index in [1.807, 2.05) is 6.07 Å². The number of benzene rings is 2. The monoisotopic (exact) mass is 622 g/mol. The molecule has 2 amide bonds. The van der Waals surface area contributed by atoms with Crippen molar-refractivity contribution < 1.29 is 28.3 Å². The van der Waals surface area contributed by atoms with Gasteiger partial charge in [-0.3, -0.25) is 14.6 Å². The fourth-order valence-corrected chi connectivity index (χ4v) is 5.48. The number of hydrogen-bond donors (Lipinski definition) is 3. The third kappa shape index (κ3) is 7.49. The second-order valence-corrected chi connectivity index (χ2v) is 11.3. The summed E-state index contributed by atoms with van der Waals surface area (Å²) >= 11 is 5.90. The molecule has 2 heterocycles. The molecule has 0 unspecified atom stereocenters. The SMILES string of the molecule is CC(C)CCC[C@@H](c1cc(-c2cc(/C=C\C(=O)O)c(N)cc2NC=O)ccn1)N1CCC(c2c(F)ccc(Cl)c2F)=CC1=O. The molecule has 0 aliphatic carbocycles. The van der Waals surface area contributed by atoms with E-state index < -0.39 is 29.6 Å². The van der Waals surface area contributed by atoms with Crippen LogP contribution in [-0.4, -0.2) is 39.8 Å². The van der Waals surface area contributed by atoms with E-state index in [2.05, 4.69) is 24.1 Å². The molecule has 0 saturated heterocycles. The van der Waals surface area contributed by atoms with Gasteiger partial charge in [-0.05, 0) is 77.9 Å². The van der Waals surface area contributed by atoms with Crippen molar-refractivity contribution in [3.05, 3.63) is 88.2 Å². The molecule has 0 radical (unpaired) electrons. The molecular weight excluding hydrogens is 590 g/mol. The van der Waals surface area contributed by atoms with Crippen LogP contribution in [0.1, 0.15) is 62.4 Å². The van der Waals surface area contributed by atoms with Crippen LogP contribution in [0.3, 0.4) is 0 Å². The Morgan fingerprint density at radius 3 is 2.66 bits per heavy atom. The van der Waals surface area contributed by atoms with E-state index in [9.17, 15) is 23.2 Å². The van der Waals surface area contributed by atoms with E-state index in [4.69, 9.17) is 22.4 Å². The Labute approximate surface area is 259 Å². The number of anilines is 2. The van der Waals surface area contributed by atoms with Crippen molar-refractivity contribution in [2.24, 2.45) is 5.92 Å². The van der Waals surface area contributed by atoms with Gasteiger partial charge in [-0.1, -0.05) is 38.3 Å². The quantitative estimate of drug-likeness (QED) is 0.0855. The number of nitrogens with one attached hydrogen (secondary N) is 1. The van der Waals surface area contributed by atoms with Crippen molar-refractivity contribution in [2.45, 2.75) is 45.6 Å². The normalized spacial score (nSPS) is 14.2. The Hall–Kier alpha value is -4.57. The Bertz CT molecular complexity index is 1640. The van der Waals surface area contributed by atoms with Crippen LogP contribution in [0.15, 0.2) is 54.7 Å². The number of pyridine rings is 1. The maximum atomic E-state index is 14.8. The first-order valence-electron chi connectivity index (χ1n) is 14.2. The van der Waals surface area contributed by atoms with E-state index in [0.29, 0.717) is 46.8 Å². The summed E-state index contributed by atoms with van der Waals surface area (Å²) in [6.07, 6.45) is 8.24. The molecule has 8 nitrogen and oxygen atoms in total. The van der Waals surface area contributed by atoms with Crippen molar-refractivity contribution >= 4 is 52.9 Å². The molecule has 1 aromatic heterocycles. The zero-order chi connectivity index (χ0) is 32.0. The molecule has 1 aliphatic heterocycles. The predicted octanol–water partition coefficient (Wildman–Crippen LogP) is 7.11. The van der Waals surface area contributed by atoms with Crippen molar-refractivity contribution in [3.8, 4) is 11.1 Å². The molecule has 11 heteroatoms. The highest BCUT2D eigenvalue weighted by Gasteiger charge is 2.30. The van der Waals surface area contributed by atoms with Crippen LogP contribution in [0.25, 0.3) is 22.8 Å². The van der Waals surface area contributed by atoms with E-state index in [-0.39, 0.29) is 34.8 Å². The molecule has 1 aliphatic rings. The minimum Gasteiger partial charge on any atom is -0.478 e. The number of aliphatic carboxylic acids is 1. The van der Waals surface area contributed by atoms with E-state index in [1.165, 1.54) is 12.2 Å². The average Bonchev–Trinajstić information content (AvgIpc) is 2.97. The van der Waals surface area contributed by atoms with Crippen LogP contribution in [0, 0.1) is 17.6 Å². The number of nitrogen functional groups attached to an aromatic ring is 1. The highest BCUT2D eigenvalue weighted by molar-refractivity contribution is 6.31. The number of nitrogens with zero attached hydrogens (tertiary/aromatic N) is 2. The maximum Gasteiger partial charge on any atom is 0.328 e. The summed E-state index contributed by atoms with van der Waals surface area (Å²) in [5.74, 6) is -2.79. The highest BCUT2D eigenvalue weighted by Crippen LogP contribution is 2.38. The van der Waals surface area contributed by atoms with Gasteiger partial charge in [0.15, 0.2) is 5.82 Å². The van der Waals surface area contributed by atoms with Gasteiger partial charge < -0.3 is 21.1 Å². The third-order valence-corrected chi connectivity index (χ3v) is 7.77. The predicted molar refractivity (Wildman–Crippen MR) is 168 cm³/mol. The van der Waals surface area contributed by atoms with Gasteiger partial charge in [0.2, 0.25) is 12.3 Å². The second-order valence-electron chi connectivity index (χ2n) is 10.9. The van der Waals surface area contributed by atoms with Crippen molar-refractivity contribution in [1.29, 1.82) is 0 Å². The standard InChI is InChI=1S/C33H33ClF2N4O4/c1-19(2)4-3-5-29(40-13-11-22(16-30(40)42)32-25(35)8-7-24(34)33(32)36)28-15-20(10-12-38-28)23-14-21(6-9-31(43)44)26(37)17-27(23)39-18-41/h6-10,12,14-19,29H,3-5,11,13,37H2,1-2H3,(H,39,41)(H,43,44)/b9-6-/t29-/m0/s1. The van der Waals surface area contributed by atoms with Gasteiger partial charge in [0, 0.05) is 36.1 Å². The molecule has 3 aromatic rings. The lowest BCUT2D eigenvalue weighted by Gasteiger charge is -2.34. The Kier molecular flexibility index (Phi) is 10.5. The van der Waals surface area contributed by atoms with Crippen LogP contribution in [0.4, 0.5) is 20.2 Å². The molecule has 0 saturated carbocycles. The lowest BCUT2D eigenvalue weighted by molar-refractivity contribution is -0.131. The van der Waals surface area contributed by atoms with Crippen LogP contribution < -0.4 is 11.1 Å². The smallest absolute Gasteiger partial charge is 0.328 e. The first-order chi connectivity index (χ1) is 21.0. The number of carbonyl (C=O) groups is 3. The fourth-order valence-electron chi connectivity index (χ4n) is 5.32. The van der Waals surface area contributed by atoms with Gasteiger partial charge in [0.1, 0.15) is 5.82 Å². The summed E-state index contributed by atoms with van der Waals surface area (Å²) in [6.45, 7) is 4.43. The highest BCUT2D eigenvalue weighted by atomic mass is 35.5. The number of hydrogen-bond acceptors (Lipinski definition) is 5. The van der Waals surface area contributed by atoms with E-state index >= 15 is 0 Å². The van der Waals surface area contributed by atoms with Crippen LogP contribution in [-0.2, 0) is 14.4 Å². The molecule has 0 fully saturated rings. The molecule has 0 bridgehead atoms. The van der Waals surface area contributed by atoms with Crippen molar-refractivity contribution in [2.75, 3.05) is 17.6 Å². The Morgan fingerprint density at radius 2 is 1.98 bits per heavy atom. The number of nitrogens with two attached hydrogens (primary N) is 1. The number of aromatic nitrogens is 1. The number of carbonyl (C=O) groups excluding carboxylic acids is 2. The first kappa shape index (κ1) is 32.3. The van der Waals surface area contributed by atoms with Gasteiger partial charge >= 0.3 is 5.97 Å². The number of halogens is 3. The lowest BCUT2D eigenvalue weighted by atomic mass is 9.93. The lowest BCUT2D eigenvalue weighted by Crippen LogP contribution is -2.38. The first-order valence-corrected chi connectivity index (χ1v) is 14.5. The molecule has 1 atom stereocenters. The molecule has 4 rings (SSSR count). The molecular formula is C33H33ClF2N4O4. The van der Waals surface area contributed by atoms with Crippen molar-refractivity contribution in [1.82, 2.24) is 9.88 Å². The van der Waals surface area contributed by atoms with Crippen LogP contribution in [0.5, 0.6) is 0 Å². The van der Waals surface area contributed by atoms with E-state index in [1.54, 1.807) is 29.3 Å². The van der Waals surface area contributed by atoms with Gasteiger partial charge in [0.05, 0.1) is 28.0 Å². The van der Waals surface area contributed by atoms with Gasteiger partial charge in [0.25, 0.3) is 0 Å². The number of rotatable bonds is 12. The molecule has 2 aromatic carbocycles. The minimum atomic E-state index is -1.14. The van der Waals surface area contributed by atoms with Gasteiger partial charge in [-0.25, -0.2) is 13.6 Å².